The number of ether oxygens (including phenoxy) is 1. The minimum Gasteiger partial charge on any atom is -0.478 e. The number of aromatic carboxylic acids is 1. The molecule has 4 rings (SSSR count). The first-order valence-corrected chi connectivity index (χ1v) is 8.89. The van der Waals surface area contributed by atoms with Crippen LogP contribution in [-0.4, -0.2) is 21.0 Å². The lowest BCUT2D eigenvalue weighted by atomic mass is 10.2. The lowest BCUT2D eigenvalue weighted by Gasteiger charge is -2.09. The molecule has 28 heavy (non-hydrogen) atoms. The number of rotatable bonds is 6. The highest BCUT2D eigenvalue weighted by Gasteiger charge is 2.17. The van der Waals surface area contributed by atoms with Gasteiger partial charge in [0.15, 0.2) is 21.8 Å². The third-order valence-electron chi connectivity index (χ3n) is 4.00. The molecule has 140 valence electrons. The van der Waals surface area contributed by atoms with E-state index < -0.39 is 5.97 Å². The minimum atomic E-state index is -1.03. The van der Waals surface area contributed by atoms with Crippen molar-refractivity contribution in [2.45, 2.75) is 6.61 Å². The Morgan fingerprint density at radius 3 is 2.64 bits per heavy atom. The number of carboxylic acids is 1. The summed E-state index contributed by atoms with van der Waals surface area (Å²) in [6.45, 7) is 0.302. The van der Waals surface area contributed by atoms with E-state index in [-0.39, 0.29) is 17.3 Å². The molecule has 2 aromatic heterocycles. The van der Waals surface area contributed by atoms with E-state index in [9.17, 15) is 4.79 Å². The first-order valence-electron chi connectivity index (χ1n) is 8.24. The summed E-state index contributed by atoms with van der Waals surface area (Å²) < 4.78 is 16.6. The molecule has 0 atom stereocenters. The molecule has 0 radical (unpaired) electrons. The molecule has 2 heterocycles. The standard InChI is InChI=1S/C20H13BrN2O5/c21-28-17-9-7-14(18(23-17)26-11-12-4-2-1-3-5-12)19-22-15-8-6-13(20(24)25)10-16(15)27-19/h1-10H,11H2,(H,24,25). The number of aromatic nitrogens is 2. The van der Waals surface area contributed by atoms with Gasteiger partial charge >= 0.3 is 5.97 Å². The van der Waals surface area contributed by atoms with Gasteiger partial charge in [-0.25, -0.2) is 9.78 Å². The van der Waals surface area contributed by atoms with Crippen LogP contribution in [0.15, 0.2) is 65.1 Å². The van der Waals surface area contributed by atoms with Crippen LogP contribution in [0, 0.1) is 0 Å². The van der Waals surface area contributed by atoms with E-state index in [0.29, 0.717) is 29.2 Å². The Morgan fingerprint density at radius 1 is 1.07 bits per heavy atom. The molecule has 0 spiro atoms. The predicted molar refractivity (Wildman–Crippen MR) is 105 cm³/mol. The van der Waals surface area contributed by atoms with Crippen molar-refractivity contribution >= 4 is 33.3 Å². The zero-order valence-electron chi connectivity index (χ0n) is 14.3. The van der Waals surface area contributed by atoms with E-state index in [1.165, 1.54) is 12.1 Å². The van der Waals surface area contributed by atoms with Crippen LogP contribution < -0.4 is 8.57 Å². The molecule has 0 fully saturated rings. The summed E-state index contributed by atoms with van der Waals surface area (Å²) in [5, 5.41) is 9.14. The highest BCUT2D eigenvalue weighted by Crippen LogP contribution is 2.33. The van der Waals surface area contributed by atoms with E-state index >= 15 is 0 Å². The number of nitrogens with zero attached hydrogens (tertiary/aromatic N) is 2. The fraction of sp³-hybridized carbons (Fsp3) is 0.0500. The van der Waals surface area contributed by atoms with Crippen molar-refractivity contribution in [3.05, 3.63) is 71.8 Å². The molecule has 0 amide bonds. The lowest BCUT2D eigenvalue weighted by Crippen LogP contribution is -1.99. The lowest BCUT2D eigenvalue weighted by molar-refractivity contribution is 0.0697. The third-order valence-corrected chi connectivity index (χ3v) is 4.33. The molecule has 0 aliphatic carbocycles. The van der Waals surface area contributed by atoms with Crippen LogP contribution in [0.25, 0.3) is 22.6 Å². The summed E-state index contributed by atoms with van der Waals surface area (Å²) in [6, 6.07) is 17.5. The monoisotopic (exact) mass is 440 g/mol. The van der Waals surface area contributed by atoms with Crippen molar-refractivity contribution in [1.82, 2.24) is 9.97 Å². The van der Waals surface area contributed by atoms with Crippen LogP contribution >= 0.6 is 16.3 Å². The van der Waals surface area contributed by atoms with Gasteiger partial charge < -0.3 is 18.1 Å². The normalized spacial score (nSPS) is 10.8. The molecular formula is C20H13BrN2O5. The number of halogens is 1. The average molecular weight is 441 g/mol. The molecule has 0 aliphatic rings. The Morgan fingerprint density at radius 2 is 1.89 bits per heavy atom. The van der Waals surface area contributed by atoms with Gasteiger partial charge in [-0.3, -0.25) is 0 Å². The number of pyridine rings is 1. The van der Waals surface area contributed by atoms with Crippen LogP contribution in [0.3, 0.4) is 0 Å². The van der Waals surface area contributed by atoms with E-state index in [1.54, 1.807) is 18.2 Å². The fourth-order valence-electron chi connectivity index (χ4n) is 2.64. The first-order chi connectivity index (χ1) is 13.6. The van der Waals surface area contributed by atoms with E-state index in [2.05, 4.69) is 26.2 Å². The SMILES string of the molecule is O=C(O)c1ccc2nc(-c3ccc(OBr)nc3OCc3ccccc3)oc2c1. The van der Waals surface area contributed by atoms with Crippen molar-refractivity contribution in [1.29, 1.82) is 0 Å². The average Bonchev–Trinajstić information content (AvgIpc) is 3.15. The summed E-state index contributed by atoms with van der Waals surface area (Å²) in [5.41, 5.74) is 2.53. The molecular weight excluding hydrogens is 428 g/mol. The fourth-order valence-corrected chi connectivity index (χ4v) is 2.82. The first kappa shape index (κ1) is 18.0. The number of hydrogen-bond donors (Lipinski definition) is 1. The van der Waals surface area contributed by atoms with E-state index in [1.807, 2.05) is 30.3 Å². The Balaban J connectivity index is 1.72. The number of carbonyl (C=O) groups is 1. The van der Waals surface area contributed by atoms with Crippen LogP contribution in [0.2, 0.25) is 0 Å². The number of fused-ring (bicyclic) bond motifs is 1. The predicted octanol–water partition coefficient (Wildman–Crippen LogP) is 4.86. The minimum absolute atomic E-state index is 0.122. The summed E-state index contributed by atoms with van der Waals surface area (Å²) in [5.74, 6) is -0.164. The Bertz CT molecular complexity index is 1140. The number of oxazole rings is 1. The van der Waals surface area contributed by atoms with Gasteiger partial charge in [0, 0.05) is 6.07 Å². The summed E-state index contributed by atoms with van der Waals surface area (Å²) in [4.78, 5) is 19.9. The largest absolute Gasteiger partial charge is 0.478 e. The second-order valence-electron chi connectivity index (χ2n) is 5.86. The van der Waals surface area contributed by atoms with Gasteiger partial charge in [-0.1, -0.05) is 30.3 Å². The van der Waals surface area contributed by atoms with Crippen molar-refractivity contribution in [3.63, 3.8) is 0 Å². The number of hydrogen-bond acceptors (Lipinski definition) is 6. The Kier molecular flexibility index (Phi) is 4.94. The molecule has 8 heteroatoms. The molecule has 2 aromatic carbocycles. The highest BCUT2D eigenvalue weighted by atomic mass is 79.9. The summed E-state index contributed by atoms with van der Waals surface area (Å²) in [6.07, 6.45) is 0. The van der Waals surface area contributed by atoms with Gasteiger partial charge in [-0.2, -0.15) is 4.98 Å². The smallest absolute Gasteiger partial charge is 0.335 e. The molecule has 0 bridgehead atoms. The van der Waals surface area contributed by atoms with Crippen LogP contribution in [0.1, 0.15) is 15.9 Å². The Labute approximate surface area is 168 Å². The van der Waals surface area contributed by atoms with Crippen molar-refractivity contribution in [3.8, 4) is 23.2 Å². The number of carboxylic acid groups (broad SMARTS) is 1. The van der Waals surface area contributed by atoms with Gasteiger partial charge in [-0.15, -0.1) is 0 Å². The molecule has 4 aromatic rings. The maximum absolute atomic E-state index is 11.2. The number of benzene rings is 2. The van der Waals surface area contributed by atoms with E-state index in [0.717, 1.165) is 5.56 Å². The van der Waals surface area contributed by atoms with Gasteiger partial charge in [0.25, 0.3) is 0 Å². The molecule has 0 saturated heterocycles. The van der Waals surface area contributed by atoms with Crippen molar-refractivity contribution in [2.75, 3.05) is 0 Å². The zero-order chi connectivity index (χ0) is 19.5. The molecule has 7 nitrogen and oxygen atoms in total. The topological polar surface area (TPSA) is 94.7 Å². The molecule has 0 saturated carbocycles. The van der Waals surface area contributed by atoms with Gasteiger partial charge in [0.05, 0.1) is 11.1 Å². The molecule has 0 aliphatic heterocycles. The van der Waals surface area contributed by atoms with Gasteiger partial charge in [-0.05, 0) is 29.8 Å². The van der Waals surface area contributed by atoms with Crippen molar-refractivity contribution < 1.29 is 22.9 Å². The van der Waals surface area contributed by atoms with Gasteiger partial charge in [0.1, 0.15) is 12.1 Å². The maximum Gasteiger partial charge on any atom is 0.335 e. The highest BCUT2D eigenvalue weighted by molar-refractivity contribution is 9.06. The Hall–Kier alpha value is -3.39. The second kappa shape index (κ2) is 7.69. The maximum atomic E-state index is 11.2. The van der Waals surface area contributed by atoms with Crippen LogP contribution in [0.5, 0.6) is 11.8 Å². The van der Waals surface area contributed by atoms with E-state index in [4.69, 9.17) is 18.1 Å². The zero-order valence-corrected chi connectivity index (χ0v) is 15.9. The van der Waals surface area contributed by atoms with Crippen LogP contribution in [-0.2, 0) is 6.61 Å². The second-order valence-corrected chi connectivity index (χ2v) is 6.18. The molecule has 1 N–H and O–H groups in total. The summed E-state index contributed by atoms with van der Waals surface area (Å²) >= 11 is 2.91. The van der Waals surface area contributed by atoms with Crippen molar-refractivity contribution in [2.24, 2.45) is 0 Å². The molecule has 0 unspecified atom stereocenters. The van der Waals surface area contributed by atoms with Gasteiger partial charge in [0.2, 0.25) is 17.7 Å². The van der Waals surface area contributed by atoms with Crippen LogP contribution in [0.4, 0.5) is 0 Å². The quantitative estimate of drug-likeness (QED) is 0.457. The third kappa shape index (κ3) is 3.67. The summed E-state index contributed by atoms with van der Waals surface area (Å²) in [7, 11) is 0.